The number of benzene rings is 1. The lowest BCUT2D eigenvalue weighted by Gasteiger charge is -2.40. The van der Waals surface area contributed by atoms with Gasteiger partial charge in [-0.15, -0.1) is 0 Å². The highest BCUT2D eigenvalue weighted by Crippen LogP contribution is 2.43. The van der Waals surface area contributed by atoms with Crippen molar-refractivity contribution >= 4 is 23.5 Å². The number of carboxylic acids is 1. The lowest BCUT2D eigenvalue weighted by atomic mass is 9.81. The fourth-order valence-electron chi connectivity index (χ4n) is 5.31. The molecule has 2 aliphatic carbocycles. The molecule has 0 saturated heterocycles. The number of carbonyl (C=O) groups is 2. The zero-order valence-corrected chi connectivity index (χ0v) is 21.7. The van der Waals surface area contributed by atoms with E-state index < -0.39 is 17.7 Å². The average molecular weight is 499 g/mol. The molecule has 7 heteroatoms. The molecule has 0 radical (unpaired) electrons. The predicted octanol–water partition coefficient (Wildman–Crippen LogP) is 6.41. The highest BCUT2D eigenvalue weighted by molar-refractivity contribution is 6.30. The van der Waals surface area contributed by atoms with Crippen LogP contribution in [0.15, 0.2) is 24.3 Å². The highest BCUT2D eigenvalue weighted by atomic mass is 35.5. The maximum absolute atomic E-state index is 13.4. The van der Waals surface area contributed by atoms with Gasteiger partial charge in [0, 0.05) is 22.3 Å². The number of nitrogens with one attached hydrogen (secondary N) is 1. The van der Waals surface area contributed by atoms with E-state index in [9.17, 15) is 14.7 Å². The quantitative estimate of drug-likeness (QED) is 0.460. The number of rotatable bonds is 7. The van der Waals surface area contributed by atoms with E-state index in [4.69, 9.17) is 16.3 Å². The molecule has 0 unspecified atom stereocenters. The lowest BCUT2D eigenvalue weighted by molar-refractivity contribution is -0.174. The van der Waals surface area contributed by atoms with Gasteiger partial charge in [-0.3, -0.25) is 4.79 Å². The number of carbonyl (C=O) groups excluding carboxylic acids is 1. The first kappa shape index (κ1) is 25.6. The van der Waals surface area contributed by atoms with Crippen molar-refractivity contribution in [3.63, 3.8) is 0 Å². The Hall–Kier alpha value is -2.44. The van der Waals surface area contributed by atoms with Crippen molar-refractivity contribution in [1.82, 2.24) is 10.3 Å². The van der Waals surface area contributed by atoms with Crippen LogP contribution in [0.1, 0.15) is 92.2 Å². The van der Waals surface area contributed by atoms with E-state index in [1.54, 1.807) is 19.1 Å². The molecular weight excluding hydrogens is 464 g/mol. The molecule has 2 aromatic rings. The molecule has 0 spiro atoms. The van der Waals surface area contributed by atoms with E-state index in [2.05, 4.69) is 17.2 Å². The molecular formula is C28H35ClN2O4. The molecule has 2 N–H and O–H groups in total. The standard InChI is InChI=1S/C28H35ClN2O4/c1-16-6-12-21(13-7-16)31-26(32)24-17(2)22(19-8-10-20(29)11-9-19)23(18(3)30-24)25(27(33)34)35-28(4)14-5-15-28/h8-11,16,21,25H,5-7,12-15H2,1-4H3,(H,31,32)(H,33,34)/t16?,21?,25-/m0/s1. The van der Waals surface area contributed by atoms with Crippen molar-refractivity contribution in [2.45, 2.75) is 90.4 Å². The van der Waals surface area contributed by atoms with E-state index in [0.717, 1.165) is 50.5 Å². The van der Waals surface area contributed by atoms with Gasteiger partial charge in [0.1, 0.15) is 5.69 Å². The third-order valence-corrected chi connectivity index (χ3v) is 7.92. The average Bonchev–Trinajstić information content (AvgIpc) is 2.79. The number of ether oxygens (including phenoxy) is 1. The summed E-state index contributed by atoms with van der Waals surface area (Å²) >= 11 is 6.14. The Balaban J connectivity index is 1.78. The van der Waals surface area contributed by atoms with Gasteiger partial charge in [-0.1, -0.05) is 30.7 Å². The van der Waals surface area contributed by atoms with Crippen LogP contribution in [0.2, 0.25) is 5.02 Å². The number of carboxylic acid groups (broad SMARTS) is 1. The van der Waals surface area contributed by atoms with Crippen molar-refractivity contribution in [3.05, 3.63) is 51.8 Å². The summed E-state index contributed by atoms with van der Waals surface area (Å²) in [5.74, 6) is -0.594. The van der Waals surface area contributed by atoms with Crippen molar-refractivity contribution in [3.8, 4) is 11.1 Å². The molecule has 0 bridgehead atoms. The number of halogens is 1. The second-order valence-electron chi connectivity index (χ2n) is 10.5. The molecule has 2 aliphatic rings. The van der Waals surface area contributed by atoms with Crippen LogP contribution in [-0.4, -0.2) is 33.6 Å². The molecule has 4 rings (SSSR count). The second-order valence-corrected chi connectivity index (χ2v) is 11.0. The van der Waals surface area contributed by atoms with Crippen molar-refractivity contribution in [2.24, 2.45) is 5.92 Å². The lowest BCUT2D eigenvalue weighted by Crippen LogP contribution is -2.40. The van der Waals surface area contributed by atoms with Crippen molar-refractivity contribution in [1.29, 1.82) is 0 Å². The van der Waals surface area contributed by atoms with Crippen LogP contribution >= 0.6 is 11.6 Å². The Labute approximate surface area is 212 Å². The fourth-order valence-corrected chi connectivity index (χ4v) is 5.44. The topological polar surface area (TPSA) is 88.5 Å². The fraction of sp³-hybridized carbons (Fsp3) is 0.536. The molecule has 6 nitrogen and oxygen atoms in total. The number of nitrogens with zero attached hydrogens (tertiary/aromatic N) is 1. The summed E-state index contributed by atoms with van der Waals surface area (Å²) in [6.07, 6.45) is 5.58. The van der Waals surface area contributed by atoms with Crippen LogP contribution in [0.4, 0.5) is 0 Å². The van der Waals surface area contributed by atoms with Crippen molar-refractivity contribution < 1.29 is 19.4 Å². The summed E-state index contributed by atoms with van der Waals surface area (Å²) < 4.78 is 6.21. The molecule has 0 aliphatic heterocycles. The highest BCUT2D eigenvalue weighted by Gasteiger charge is 2.40. The van der Waals surface area contributed by atoms with Gasteiger partial charge >= 0.3 is 5.97 Å². The number of hydrogen-bond acceptors (Lipinski definition) is 4. The number of amides is 1. The SMILES string of the molecule is Cc1nc(C(=O)NC2CCC(C)CC2)c(C)c(-c2ccc(Cl)cc2)c1[C@H](OC1(C)CCC1)C(=O)O. The molecule has 2 fully saturated rings. The van der Waals surface area contributed by atoms with Gasteiger partial charge in [-0.25, -0.2) is 9.78 Å². The summed E-state index contributed by atoms with van der Waals surface area (Å²) in [4.78, 5) is 30.5. The van der Waals surface area contributed by atoms with E-state index in [1.807, 2.05) is 26.0 Å². The predicted molar refractivity (Wildman–Crippen MR) is 137 cm³/mol. The van der Waals surface area contributed by atoms with Crippen LogP contribution in [-0.2, 0) is 9.53 Å². The minimum absolute atomic E-state index is 0.132. The largest absolute Gasteiger partial charge is 0.479 e. The summed E-state index contributed by atoms with van der Waals surface area (Å²) in [5.41, 5.74) is 2.92. The number of pyridine rings is 1. The molecule has 1 aromatic carbocycles. The molecule has 188 valence electrons. The van der Waals surface area contributed by atoms with E-state index >= 15 is 0 Å². The Morgan fingerprint density at radius 2 is 1.77 bits per heavy atom. The summed E-state index contributed by atoms with van der Waals surface area (Å²) in [7, 11) is 0. The molecule has 1 aromatic heterocycles. The van der Waals surface area contributed by atoms with Crippen molar-refractivity contribution in [2.75, 3.05) is 0 Å². The summed E-state index contributed by atoms with van der Waals surface area (Å²) in [6.45, 7) is 7.80. The van der Waals surface area contributed by atoms with Gasteiger partial charge in [0.15, 0.2) is 6.10 Å². The van der Waals surface area contributed by atoms with E-state index in [0.29, 0.717) is 39.0 Å². The number of aliphatic carboxylic acids is 1. The third-order valence-electron chi connectivity index (χ3n) is 7.67. The van der Waals surface area contributed by atoms with Crippen LogP contribution < -0.4 is 5.32 Å². The third kappa shape index (κ3) is 5.54. The summed E-state index contributed by atoms with van der Waals surface area (Å²) in [6, 6.07) is 7.36. The van der Waals surface area contributed by atoms with Gasteiger partial charge in [-0.05, 0) is 100 Å². The van der Waals surface area contributed by atoms with Crippen LogP contribution in [0.5, 0.6) is 0 Å². The number of aryl methyl sites for hydroxylation is 1. The van der Waals surface area contributed by atoms with Gasteiger partial charge in [0.2, 0.25) is 0 Å². The number of aromatic nitrogens is 1. The molecule has 1 atom stereocenters. The minimum atomic E-state index is -1.19. The van der Waals surface area contributed by atoms with Crippen LogP contribution in [0, 0.1) is 19.8 Å². The first-order valence-corrected chi connectivity index (χ1v) is 12.9. The number of hydrogen-bond donors (Lipinski definition) is 2. The summed E-state index contributed by atoms with van der Waals surface area (Å²) in [5, 5.41) is 14.0. The maximum Gasteiger partial charge on any atom is 0.337 e. The monoisotopic (exact) mass is 498 g/mol. The zero-order chi connectivity index (χ0) is 25.3. The van der Waals surface area contributed by atoms with Crippen LogP contribution in [0.25, 0.3) is 11.1 Å². The van der Waals surface area contributed by atoms with Gasteiger partial charge < -0.3 is 15.2 Å². The Morgan fingerprint density at radius 1 is 1.14 bits per heavy atom. The molecule has 1 amide bonds. The molecule has 2 saturated carbocycles. The van der Waals surface area contributed by atoms with Gasteiger partial charge in [0.05, 0.1) is 5.60 Å². The van der Waals surface area contributed by atoms with Gasteiger partial charge in [0.25, 0.3) is 5.91 Å². The Kier molecular flexibility index (Phi) is 7.53. The van der Waals surface area contributed by atoms with Crippen LogP contribution in [0.3, 0.4) is 0 Å². The second kappa shape index (κ2) is 10.3. The maximum atomic E-state index is 13.4. The smallest absolute Gasteiger partial charge is 0.337 e. The zero-order valence-electron chi connectivity index (χ0n) is 21.0. The normalized spacial score (nSPS) is 22.2. The molecule has 1 heterocycles. The van der Waals surface area contributed by atoms with Gasteiger partial charge in [-0.2, -0.15) is 0 Å². The Bertz CT molecular complexity index is 1100. The minimum Gasteiger partial charge on any atom is -0.479 e. The van der Waals surface area contributed by atoms with E-state index in [1.165, 1.54) is 0 Å². The molecule has 35 heavy (non-hydrogen) atoms. The first-order chi connectivity index (χ1) is 16.6. The first-order valence-electron chi connectivity index (χ1n) is 12.6. The Morgan fingerprint density at radius 3 is 2.31 bits per heavy atom. The van der Waals surface area contributed by atoms with E-state index in [-0.39, 0.29) is 11.9 Å².